The summed E-state index contributed by atoms with van der Waals surface area (Å²) in [5.41, 5.74) is 0. The largest absolute Gasteiger partial charge is 0.394 e. The Bertz CT molecular complexity index is 344. The molecule has 0 aliphatic rings. The Kier molecular flexibility index (Phi) is 18.3. The van der Waals surface area contributed by atoms with Gasteiger partial charge in [0.05, 0.1) is 18.8 Å². The van der Waals surface area contributed by atoms with Crippen LogP contribution in [0.5, 0.6) is 0 Å². The van der Waals surface area contributed by atoms with Crippen LogP contribution in [0.15, 0.2) is 12.2 Å². The fourth-order valence-electron chi connectivity index (χ4n) is 3.02. The Morgan fingerprint density at radius 2 is 1.38 bits per heavy atom. The number of carbonyl (C=O) groups is 1. The molecule has 4 nitrogen and oxygen atoms in total. The van der Waals surface area contributed by atoms with Crippen LogP contribution in [0, 0.1) is 0 Å². The topological polar surface area (TPSA) is 69.6 Å². The first-order chi connectivity index (χ1) is 12.7. The van der Waals surface area contributed by atoms with Gasteiger partial charge in [-0.25, -0.2) is 0 Å². The first-order valence-corrected chi connectivity index (χ1v) is 10.9. The average molecular weight is 370 g/mol. The SMILES string of the molecule is CCCCCCCCCCCCCC/C=C/C(O)C(CO)NC(=O)CC. The fraction of sp³-hybridized carbons (Fsp3) is 0.864. The van der Waals surface area contributed by atoms with Crippen LogP contribution in [0.25, 0.3) is 0 Å². The maximum Gasteiger partial charge on any atom is 0.220 e. The van der Waals surface area contributed by atoms with E-state index in [0.717, 1.165) is 12.8 Å². The van der Waals surface area contributed by atoms with E-state index in [-0.39, 0.29) is 12.5 Å². The lowest BCUT2D eigenvalue weighted by atomic mass is 10.0. The van der Waals surface area contributed by atoms with Crippen LogP contribution in [0.3, 0.4) is 0 Å². The summed E-state index contributed by atoms with van der Waals surface area (Å²) in [4.78, 5) is 11.3. The zero-order valence-electron chi connectivity index (χ0n) is 17.2. The van der Waals surface area contributed by atoms with Crippen molar-refractivity contribution in [3.05, 3.63) is 12.2 Å². The molecule has 0 bridgehead atoms. The van der Waals surface area contributed by atoms with Gasteiger partial charge in [0.1, 0.15) is 0 Å². The van der Waals surface area contributed by atoms with Gasteiger partial charge in [-0.1, -0.05) is 96.6 Å². The molecule has 154 valence electrons. The van der Waals surface area contributed by atoms with Gasteiger partial charge < -0.3 is 15.5 Å². The first-order valence-electron chi connectivity index (χ1n) is 10.9. The van der Waals surface area contributed by atoms with E-state index in [0.29, 0.717) is 6.42 Å². The summed E-state index contributed by atoms with van der Waals surface area (Å²) in [5, 5.41) is 21.9. The second-order valence-electron chi connectivity index (χ2n) is 7.31. The molecule has 0 aliphatic heterocycles. The van der Waals surface area contributed by atoms with Crippen molar-refractivity contribution in [3.63, 3.8) is 0 Å². The third kappa shape index (κ3) is 15.4. The molecule has 0 saturated heterocycles. The lowest BCUT2D eigenvalue weighted by Gasteiger charge is -2.19. The second kappa shape index (κ2) is 18.9. The molecular formula is C22H43NO3. The second-order valence-corrected chi connectivity index (χ2v) is 7.31. The van der Waals surface area contributed by atoms with Crippen molar-refractivity contribution in [1.29, 1.82) is 0 Å². The predicted molar refractivity (Wildman–Crippen MR) is 110 cm³/mol. The van der Waals surface area contributed by atoms with Crippen molar-refractivity contribution in [2.45, 2.75) is 116 Å². The van der Waals surface area contributed by atoms with Crippen molar-refractivity contribution in [3.8, 4) is 0 Å². The molecule has 0 heterocycles. The standard InChI is InChI=1S/C22H43NO3/c1-3-5-6-7-8-9-10-11-12-13-14-15-16-17-18-21(25)20(19-24)23-22(26)4-2/h17-18,20-21,24-25H,3-16,19H2,1-2H3,(H,23,26)/b18-17+. The van der Waals surface area contributed by atoms with Crippen molar-refractivity contribution >= 4 is 5.91 Å². The van der Waals surface area contributed by atoms with E-state index >= 15 is 0 Å². The van der Waals surface area contributed by atoms with E-state index in [1.54, 1.807) is 13.0 Å². The van der Waals surface area contributed by atoms with Crippen LogP contribution in [0.1, 0.15) is 104 Å². The van der Waals surface area contributed by atoms with Crippen LogP contribution >= 0.6 is 0 Å². The van der Waals surface area contributed by atoms with Gasteiger partial charge in [-0.2, -0.15) is 0 Å². The quantitative estimate of drug-likeness (QED) is 0.238. The molecule has 2 atom stereocenters. The van der Waals surface area contributed by atoms with Gasteiger partial charge in [0.2, 0.25) is 5.91 Å². The highest BCUT2D eigenvalue weighted by molar-refractivity contribution is 5.75. The summed E-state index contributed by atoms with van der Waals surface area (Å²) >= 11 is 0. The van der Waals surface area contributed by atoms with E-state index < -0.39 is 12.1 Å². The van der Waals surface area contributed by atoms with Crippen molar-refractivity contribution in [2.75, 3.05) is 6.61 Å². The van der Waals surface area contributed by atoms with Gasteiger partial charge in [0.15, 0.2) is 0 Å². The number of hydrogen-bond donors (Lipinski definition) is 3. The minimum Gasteiger partial charge on any atom is -0.394 e. The van der Waals surface area contributed by atoms with Gasteiger partial charge in [-0.3, -0.25) is 4.79 Å². The van der Waals surface area contributed by atoms with E-state index in [4.69, 9.17) is 0 Å². The maximum atomic E-state index is 11.3. The van der Waals surface area contributed by atoms with E-state index in [2.05, 4.69) is 12.2 Å². The summed E-state index contributed by atoms with van der Waals surface area (Å²) in [6, 6.07) is -0.610. The highest BCUT2D eigenvalue weighted by Gasteiger charge is 2.17. The zero-order chi connectivity index (χ0) is 19.5. The third-order valence-electron chi connectivity index (χ3n) is 4.83. The molecule has 0 saturated carbocycles. The minimum atomic E-state index is -0.826. The van der Waals surface area contributed by atoms with Gasteiger partial charge in [0, 0.05) is 6.42 Å². The van der Waals surface area contributed by atoms with Gasteiger partial charge >= 0.3 is 0 Å². The molecule has 0 spiro atoms. The summed E-state index contributed by atoms with van der Waals surface area (Å²) < 4.78 is 0. The Balaban J connectivity index is 3.50. The van der Waals surface area contributed by atoms with E-state index in [9.17, 15) is 15.0 Å². The third-order valence-corrected chi connectivity index (χ3v) is 4.83. The molecule has 1 amide bonds. The molecule has 0 radical (unpaired) electrons. The van der Waals surface area contributed by atoms with Crippen molar-refractivity contribution < 1.29 is 15.0 Å². The molecule has 0 aromatic rings. The number of aliphatic hydroxyl groups is 2. The average Bonchev–Trinajstić information content (AvgIpc) is 2.65. The van der Waals surface area contributed by atoms with Gasteiger partial charge in [0.25, 0.3) is 0 Å². The number of nitrogens with one attached hydrogen (secondary N) is 1. The fourth-order valence-corrected chi connectivity index (χ4v) is 3.02. The number of allylic oxidation sites excluding steroid dienone is 1. The molecule has 3 N–H and O–H groups in total. The smallest absolute Gasteiger partial charge is 0.220 e. The monoisotopic (exact) mass is 369 g/mol. The van der Waals surface area contributed by atoms with Crippen LogP contribution in [0.4, 0.5) is 0 Å². The summed E-state index contributed by atoms with van der Waals surface area (Å²) in [6.45, 7) is 3.76. The lowest BCUT2D eigenvalue weighted by molar-refractivity contribution is -0.122. The predicted octanol–water partition coefficient (Wildman–Crippen LogP) is 4.88. The van der Waals surface area contributed by atoms with E-state index in [1.807, 2.05) is 6.08 Å². The molecule has 4 heteroatoms. The molecule has 0 aliphatic carbocycles. The Morgan fingerprint density at radius 3 is 1.85 bits per heavy atom. The Morgan fingerprint density at radius 1 is 0.885 bits per heavy atom. The van der Waals surface area contributed by atoms with Gasteiger partial charge in [-0.15, -0.1) is 0 Å². The summed E-state index contributed by atoms with van der Waals surface area (Å²) in [7, 11) is 0. The highest BCUT2D eigenvalue weighted by Crippen LogP contribution is 2.12. The number of unbranched alkanes of at least 4 members (excludes halogenated alkanes) is 12. The van der Waals surface area contributed by atoms with Crippen LogP contribution in [0.2, 0.25) is 0 Å². The normalized spacial score (nSPS) is 13.8. The Hall–Kier alpha value is -0.870. The van der Waals surface area contributed by atoms with Crippen molar-refractivity contribution in [2.24, 2.45) is 0 Å². The number of carbonyl (C=O) groups excluding carboxylic acids is 1. The minimum absolute atomic E-state index is 0.155. The number of rotatable bonds is 18. The molecule has 2 unspecified atom stereocenters. The first kappa shape index (κ1) is 25.1. The molecule has 26 heavy (non-hydrogen) atoms. The zero-order valence-corrected chi connectivity index (χ0v) is 17.2. The van der Waals surface area contributed by atoms with Crippen LogP contribution < -0.4 is 5.32 Å². The van der Waals surface area contributed by atoms with Crippen molar-refractivity contribution in [1.82, 2.24) is 5.32 Å². The van der Waals surface area contributed by atoms with Crippen LogP contribution in [-0.2, 0) is 4.79 Å². The Labute approximate surface area is 161 Å². The number of hydrogen-bond acceptors (Lipinski definition) is 3. The number of aliphatic hydroxyl groups excluding tert-OH is 2. The molecule has 0 aromatic carbocycles. The molecule has 0 rings (SSSR count). The lowest BCUT2D eigenvalue weighted by Crippen LogP contribution is -2.44. The maximum absolute atomic E-state index is 11.3. The highest BCUT2D eigenvalue weighted by atomic mass is 16.3. The van der Waals surface area contributed by atoms with Crippen LogP contribution in [-0.4, -0.2) is 34.9 Å². The number of amides is 1. The molecule has 0 aromatic heterocycles. The summed E-state index contributed by atoms with van der Waals surface area (Å²) in [6.07, 6.45) is 20.2. The molecular weight excluding hydrogens is 326 g/mol. The summed E-state index contributed by atoms with van der Waals surface area (Å²) in [5.74, 6) is -0.155. The molecule has 0 fully saturated rings. The van der Waals surface area contributed by atoms with Gasteiger partial charge in [-0.05, 0) is 12.8 Å². The van der Waals surface area contributed by atoms with E-state index in [1.165, 1.54) is 70.6 Å².